The molecular formula is C10H18N2OS2. The second-order valence-corrected chi connectivity index (χ2v) is 6.18. The van der Waals surface area contributed by atoms with Gasteiger partial charge in [-0.15, -0.1) is 11.3 Å². The number of thiazole rings is 1. The van der Waals surface area contributed by atoms with Crippen molar-refractivity contribution in [3.05, 3.63) is 11.1 Å². The molecule has 1 aromatic heterocycles. The van der Waals surface area contributed by atoms with Gasteiger partial charge in [0.2, 0.25) is 0 Å². The topological polar surface area (TPSA) is 42.0 Å². The van der Waals surface area contributed by atoms with Crippen molar-refractivity contribution in [3.63, 3.8) is 0 Å². The van der Waals surface area contributed by atoms with Crippen molar-refractivity contribution in [1.82, 2.24) is 4.98 Å². The lowest BCUT2D eigenvalue weighted by Crippen LogP contribution is -2.14. The lowest BCUT2D eigenvalue weighted by atomic mass is 10.3. The molecule has 3 nitrogen and oxygen atoms in total. The average Bonchev–Trinajstić information content (AvgIpc) is 2.65. The van der Waals surface area contributed by atoms with E-state index in [0.29, 0.717) is 0 Å². The molecule has 0 bridgehead atoms. The molecule has 15 heavy (non-hydrogen) atoms. The molecule has 0 aliphatic carbocycles. The Morgan fingerprint density at radius 2 is 2.40 bits per heavy atom. The fourth-order valence-electron chi connectivity index (χ4n) is 1.10. The highest BCUT2D eigenvalue weighted by atomic mass is 32.2. The summed E-state index contributed by atoms with van der Waals surface area (Å²) in [5, 5.41) is 6.56. The summed E-state index contributed by atoms with van der Waals surface area (Å²) >= 11 is 1.64. The summed E-state index contributed by atoms with van der Waals surface area (Å²) in [6.07, 6.45) is 3.65. The van der Waals surface area contributed by atoms with Gasteiger partial charge in [0.1, 0.15) is 0 Å². The Kier molecular flexibility index (Phi) is 5.25. The number of aryl methyl sites for hydroxylation is 1. The molecule has 0 amide bonds. The van der Waals surface area contributed by atoms with Crippen LogP contribution >= 0.6 is 11.3 Å². The molecule has 1 aromatic rings. The van der Waals surface area contributed by atoms with Crippen LogP contribution in [0.15, 0.2) is 5.38 Å². The van der Waals surface area contributed by atoms with E-state index in [2.05, 4.69) is 22.6 Å². The third-order valence-corrected chi connectivity index (χ3v) is 4.53. The summed E-state index contributed by atoms with van der Waals surface area (Å²) in [6.45, 7) is 4.95. The van der Waals surface area contributed by atoms with Crippen molar-refractivity contribution in [2.24, 2.45) is 0 Å². The SMILES string of the molecule is CCc1csc(NCCC(C)S(C)=O)n1. The molecule has 1 rings (SSSR count). The number of aromatic nitrogens is 1. The van der Waals surface area contributed by atoms with E-state index in [4.69, 9.17) is 0 Å². The second-order valence-electron chi connectivity index (χ2n) is 3.52. The van der Waals surface area contributed by atoms with Gasteiger partial charge in [-0.1, -0.05) is 13.8 Å². The highest BCUT2D eigenvalue weighted by Crippen LogP contribution is 2.15. The van der Waals surface area contributed by atoms with E-state index in [9.17, 15) is 4.21 Å². The molecule has 0 radical (unpaired) electrons. The summed E-state index contributed by atoms with van der Waals surface area (Å²) in [5.74, 6) is 0. The Morgan fingerprint density at radius 3 is 2.93 bits per heavy atom. The first kappa shape index (κ1) is 12.6. The first-order valence-electron chi connectivity index (χ1n) is 5.14. The van der Waals surface area contributed by atoms with Crippen LogP contribution in [0, 0.1) is 0 Å². The first-order chi connectivity index (χ1) is 7.13. The van der Waals surface area contributed by atoms with Crippen LogP contribution in [0.4, 0.5) is 5.13 Å². The standard InChI is InChI=1S/C10H18N2OS2/c1-4-9-7-14-10(12-9)11-6-5-8(2)15(3)13/h7-8H,4-6H2,1-3H3,(H,11,12). The number of anilines is 1. The van der Waals surface area contributed by atoms with Crippen molar-refractivity contribution >= 4 is 27.3 Å². The summed E-state index contributed by atoms with van der Waals surface area (Å²) in [6, 6.07) is 0. The van der Waals surface area contributed by atoms with Gasteiger partial charge >= 0.3 is 0 Å². The fourth-order valence-corrected chi connectivity index (χ4v) is 2.37. The minimum absolute atomic E-state index is 0.253. The van der Waals surface area contributed by atoms with Crippen LogP contribution < -0.4 is 5.32 Å². The zero-order valence-electron chi connectivity index (χ0n) is 9.45. The van der Waals surface area contributed by atoms with Crippen LogP contribution in [0.5, 0.6) is 0 Å². The highest BCUT2D eigenvalue weighted by molar-refractivity contribution is 7.84. The van der Waals surface area contributed by atoms with E-state index in [-0.39, 0.29) is 5.25 Å². The van der Waals surface area contributed by atoms with Gasteiger partial charge in [-0.2, -0.15) is 0 Å². The third-order valence-electron chi connectivity index (χ3n) is 2.31. The number of nitrogens with zero attached hydrogens (tertiary/aromatic N) is 1. The van der Waals surface area contributed by atoms with Crippen molar-refractivity contribution in [2.45, 2.75) is 31.9 Å². The summed E-state index contributed by atoms with van der Waals surface area (Å²) in [4.78, 5) is 4.40. The number of hydrogen-bond donors (Lipinski definition) is 1. The molecule has 0 aromatic carbocycles. The summed E-state index contributed by atoms with van der Waals surface area (Å²) in [5.41, 5.74) is 1.13. The Morgan fingerprint density at radius 1 is 1.67 bits per heavy atom. The van der Waals surface area contributed by atoms with Gasteiger partial charge in [0.15, 0.2) is 5.13 Å². The minimum atomic E-state index is -0.722. The Hall–Kier alpha value is -0.420. The van der Waals surface area contributed by atoms with Crippen LogP contribution in [-0.4, -0.2) is 27.2 Å². The van der Waals surface area contributed by atoms with E-state index in [1.807, 2.05) is 6.92 Å². The quantitative estimate of drug-likeness (QED) is 0.837. The summed E-state index contributed by atoms with van der Waals surface area (Å²) in [7, 11) is -0.722. The molecule has 1 N–H and O–H groups in total. The highest BCUT2D eigenvalue weighted by Gasteiger charge is 2.06. The predicted octanol–water partition coefficient (Wildman–Crippen LogP) is 2.27. The number of hydrogen-bond acceptors (Lipinski definition) is 4. The van der Waals surface area contributed by atoms with Gasteiger partial charge in [-0.3, -0.25) is 4.21 Å². The zero-order valence-corrected chi connectivity index (χ0v) is 11.1. The number of nitrogens with one attached hydrogen (secondary N) is 1. The molecule has 86 valence electrons. The first-order valence-corrected chi connectivity index (χ1v) is 7.64. The van der Waals surface area contributed by atoms with Gasteiger partial charge in [0, 0.05) is 34.2 Å². The smallest absolute Gasteiger partial charge is 0.182 e. The average molecular weight is 246 g/mol. The third kappa shape index (κ3) is 4.30. The molecule has 0 spiro atoms. The molecule has 1 heterocycles. The Bertz CT molecular complexity index is 325. The Balaban J connectivity index is 2.28. The van der Waals surface area contributed by atoms with E-state index < -0.39 is 10.8 Å². The van der Waals surface area contributed by atoms with Crippen LogP contribution in [0.2, 0.25) is 0 Å². The molecule has 0 saturated heterocycles. The monoisotopic (exact) mass is 246 g/mol. The molecule has 0 saturated carbocycles. The maximum absolute atomic E-state index is 11.1. The molecule has 2 unspecified atom stereocenters. The van der Waals surface area contributed by atoms with E-state index >= 15 is 0 Å². The van der Waals surface area contributed by atoms with Gasteiger partial charge in [0.05, 0.1) is 5.69 Å². The van der Waals surface area contributed by atoms with E-state index in [1.54, 1.807) is 17.6 Å². The van der Waals surface area contributed by atoms with Gasteiger partial charge < -0.3 is 5.32 Å². The van der Waals surface area contributed by atoms with Crippen molar-refractivity contribution in [1.29, 1.82) is 0 Å². The second kappa shape index (κ2) is 6.23. The predicted molar refractivity (Wildman–Crippen MR) is 68.1 cm³/mol. The number of rotatable bonds is 6. The van der Waals surface area contributed by atoms with Crippen LogP contribution in [0.3, 0.4) is 0 Å². The lowest BCUT2D eigenvalue weighted by molar-refractivity contribution is 0.672. The molecule has 0 fully saturated rings. The Labute approximate surface area is 97.8 Å². The normalized spacial score (nSPS) is 14.9. The van der Waals surface area contributed by atoms with Crippen molar-refractivity contribution in [3.8, 4) is 0 Å². The van der Waals surface area contributed by atoms with Crippen LogP contribution in [0.25, 0.3) is 0 Å². The van der Waals surface area contributed by atoms with E-state index in [1.165, 1.54) is 0 Å². The van der Waals surface area contributed by atoms with Crippen LogP contribution in [0.1, 0.15) is 26.0 Å². The summed E-state index contributed by atoms with van der Waals surface area (Å²) < 4.78 is 11.1. The molecule has 5 heteroatoms. The molecule has 2 atom stereocenters. The molecular weight excluding hydrogens is 228 g/mol. The zero-order chi connectivity index (χ0) is 11.3. The van der Waals surface area contributed by atoms with Gasteiger partial charge in [-0.25, -0.2) is 4.98 Å². The van der Waals surface area contributed by atoms with Crippen LogP contribution in [-0.2, 0) is 17.2 Å². The van der Waals surface area contributed by atoms with Crippen molar-refractivity contribution < 1.29 is 4.21 Å². The minimum Gasteiger partial charge on any atom is -0.361 e. The molecule has 0 aliphatic rings. The van der Waals surface area contributed by atoms with Gasteiger partial charge in [-0.05, 0) is 12.8 Å². The fraction of sp³-hybridized carbons (Fsp3) is 0.700. The largest absolute Gasteiger partial charge is 0.361 e. The van der Waals surface area contributed by atoms with Crippen molar-refractivity contribution in [2.75, 3.05) is 18.1 Å². The molecule has 0 aliphatic heterocycles. The maximum atomic E-state index is 11.1. The van der Waals surface area contributed by atoms with Gasteiger partial charge in [0.25, 0.3) is 0 Å². The van der Waals surface area contributed by atoms with E-state index in [0.717, 1.165) is 30.2 Å². The lowest BCUT2D eigenvalue weighted by Gasteiger charge is -2.07. The maximum Gasteiger partial charge on any atom is 0.182 e.